The lowest BCUT2D eigenvalue weighted by atomic mass is 9.67. The van der Waals surface area contributed by atoms with Crippen molar-refractivity contribution in [1.29, 1.82) is 0 Å². The second-order valence-corrected chi connectivity index (χ2v) is 8.42. The van der Waals surface area contributed by atoms with E-state index in [0.717, 1.165) is 29.6 Å². The Kier molecular flexibility index (Phi) is 5.83. The first-order chi connectivity index (χ1) is 10.3. The predicted octanol–water partition coefficient (Wildman–Crippen LogP) is 6.76. The molecule has 0 aliphatic heterocycles. The summed E-state index contributed by atoms with van der Waals surface area (Å²) in [6, 6.07) is 0. The zero-order valence-electron chi connectivity index (χ0n) is 14.2. The van der Waals surface area contributed by atoms with Crippen LogP contribution >= 0.6 is 0 Å². The van der Waals surface area contributed by atoms with Gasteiger partial charge in [-0.1, -0.05) is 57.6 Å². The van der Waals surface area contributed by atoms with Crippen molar-refractivity contribution in [3.8, 4) is 0 Å². The van der Waals surface area contributed by atoms with Crippen molar-refractivity contribution in [2.24, 2.45) is 29.6 Å². The molecule has 0 aromatic carbocycles. The summed E-state index contributed by atoms with van der Waals surface area (Å²) in [6.07, 6.45) is 24.6. The van der Waals surface area contributed by atoms with Crippen molar-refractivity contribution in [2.45, 2.75) is 90.4 Å². The fourth-order valence-electron chi connectivity index (χ4n) is 5.41. The van der Waals surface area contributed by atoms with E-state index in [-0.39, 0.29) is 0 Å². The van der Waals surface area contributed by atoms with E-state index < -0.39 is 0 Å². The van der Waals surface area contributed by atoms with Crippen LogP contribution in [0.1, 0.15) is 90.4 Å². The second kappa shape index (κ2) is 7.84. The molecule has 2 atom stereocenters. The van der Waals surface area contributed by atoms with E-state index in [1.807, 2.05) is 0 Å². The molecule has 0 heteroatoms. The summed E-state index contributed by atoms with van der Waals surface area (Å²) in [5, 5.41) is 0. The van der Waals surface area contributed by atoms with Crippen molar-refractivity contribution in [3.05, 3.63) is 12.2 Å². The standard InChI is InChI=1S/C21H36/c1-17-7-5-6-10-19(12-11-17)21-15-13-20(14-16-21)18-8-3-2-4-9-18/h6,10,17-21H,2-5,7-9,11-16H2,1H3. The highest BCUT2D eigenvalue weighted by Gasteiger charge is 2.31. The molecule has 0 radical (unpaired) electrons. The quantitative estimate of drug-likeness (QED) is 0.493. The van der Waals surface area contributed by atoms with Crippen LogP contribution < -0.4 is 0 Å². The van der Waals surface area contributed by atoms with Crippen LogP contribution in [0.5, 0.6) is 0 Å². The molecule has 0 N–H and O–H groups in total. The van der Waals surface area contributed by atoms with Gasteiger partial charge in [-0.15, -0.1) is 0 Å². The third kappa shape index (κ3) is 4.36. The Balaban J connectivity index is 1.49. The Morgan fingerprint density at radius 3 is 2.05 bits per heavy atom. The molecule has 3 aliphatic rings. The molecular weight excluding hydrogens is 252 g/mol. The van der Waals surface area contributed by atoms with Crippen LogP contribution in [0, 0.1) is 29.6 Å². The van der Waals surface area contributed by atoms with Crippen molar-refractivity contribution in [3.63, 3.8) is 0 Å². The van der Waals surface area contributed by atoms with Gasteiger partial charge in [0.2, 0.25) is 0 Å². The lowest BCUT2D eigenvalue weighted by Gasteiger charge is -2.38. The minimum Gasteiger partial charge on any atom is -0.0882 e. The Morgan fingerprint density at radius 1 is 0.619 bits per heavy atom. The molecule has 3 rings (SSSR count). The van der Waals surface area contributed by atoms with Gasteiger partial charge in [0.25, 0.3) is 0 Å². The van der Waals surface area contributed by atoms with E-state index in [1.165, 1.54) is 57.8 Å². The monoisotopic (exact) mass is 288 g/mol. The van der Waals surface area contributed by atoms with Gasteiger partial charge in [0.05, 0.1) is 0 Å². The maximum absolute atomic E-state index is 2.61. The third-order valence-electron chi connectivity index (χ3n) is 6.94. The minimum absolute atomic E-state index is 0.917. The predicted molar refractivity (Wildman–Crippen MR) is 92.3 cm³/mol. The summed E-state index contributed by atoms with van der Waals surface area (Å²) < 4.78 is 0. The summed E-state index contributed by atoms with van der Waals surface area (Å²) in [7, 11) is 0. The molecule has 21 heavy (non-hydrogen) atoms. The van der Waals surface area contributed by atoms with Gasteiger partial charge in [0.15, 0.2) is 0 Å². The van der Waals surface area contributed by atoms with Crippen LogP contribution in [0.15, 0.2) is 12.2 Å². The molecular formula is C21H36. The largest absolute Gasteiger partial charge is 0.0882 e. The summed E-state index contributed by atoms with van der Waals surface area (Å²) in [5.74, 6) is 5.09. The van der Waals surface area contributed by atoms with Crippen molar-refractivity contribution >= 4 is 0 Å². The molecule has 120 valence electrons. The van der Waals surface area contributed by atoms with Crippen LogP contribution in [0.4, 0.5) is 0 Å². The van der Waals surface area contributed by atoms with Gasteiger partial charge in [0.1, 0.15) is 0 Å². The zero-order chi connectivity index (χ0) is 14.5. The van der Waals surface area contributed by atoms with E-state index in [4.69, 9.17) is 0 Å². The Hall–Kier alpha value is -0.260. The molecule has 0 saturated heterocycles. The van der Waals surface area contributed by atoms with E-state index in [1.54, 1.807) is 25.7 Å². The molecule has 0 aromatic heterocycles. The second-order valence-electron chi connectivity index (χ2n) is 8.42. The Morgan fingerprint density at radius 2 is 1.29 bits per heavy atom. The first-order valence-corrected chi connectivity index (χ1v) is 9.99. The van der Waals surface area contributed by atoms with Crippen LogP contribution in [0.2, 0.25) is 0 Å². The fraction of sp³-hybridized carbons (Fsp3) is 0.905. The molecule has 0 nitrogen and oxygen atoms in total. The van der Waals surface area contributed by atoms with E-state index in [9.17, 15) is 0 Å². The first-order valence-electron chi connectivity index (χ1n) is 9.99. The maximum atomic E-state index is 2.61. The topological polar surface area (TPSA) is 0 Å². The number of rotatable bonds is 2. The van der Waals surface area contributed by atoms with Gasteiger partial charge < -0.3 is 0 Å². The van der Waals surface area contributed by atoms with Crippen molar-refractivity contribution < 1.29 is 0 Å². The van der Waals surface area contributed by atoms with E-state index in [2.05, 4.69) is 19.1 Å². The number of allylic oxidation sites excluding steroid dienone is 2. The average molecular weight is 289 g/mol. The summed E-state index contributed by atoms with van der Waals surface area (Å²) in [4.78, 5) is 0. The molecule has 0 spiro atoms. The van der Waals surface area contributed by atoms with Crippen molar-refractivity contribution in [1.82, 2.24) is 0 Å². The molecule has 0 amide bonds. The summed E-state index contributed by atoms with van der Waals surface area (Å²) >= 11 is 0. The maximum Gasteiger partial charge on any atom is -0.0205 e. The van der Waals surface area contributed by atoms with Gasteiger partial charge in [-0.2, -0.15) is 0 Å². The number of hydrogen-bond acceptors (Lipinski definition) is 0. The van der Waals surface area contributed by atoms with Crippen molar-refractivity contribution in [2.75, 3.05) is 0 Å². The molecule has 2 fully saturated rings. The molecule has 0 bridgehead atoms. The highest BCUT2D eigenvalue weighted by Crippen LogP contribution is 2.43. The molecule has 2 unspecified atom stereocenters. The van der Waals surface area contributed by atoms with Gasteiger partial charge in [-0.3, -0.25) is 0 Å². The summed E-state index contributed by atoms with van der Waals surface area (Å²) in [6.45, 7) is 2.45. The first kappa shape index (κ1) is 15.6. The van der Waals surface area contributed by atoms with Crippen LogP contribution in [-0.4, -0.2) is 0 Å². The SMILES string of the molecule is CC1CCC=CC(C2CCC(C3CCCCC3)CC2)CC1. The third-order valence-corrected chi connectivity index (χ3v) is 6.94. The van der Waals surface area contributed by atoms with Crippen LogP contribution in [-0.2, 0) is 0 Å². The normalized spacial score (nSPS) is 39.7. The highest BCUT2D eigenvalue weighted by molar-refractivity contribution is 4.95. The average Bonchev–Trinajstić information content (AvgIpc) is 2.53. The lowest BCUT2D eigenvalue weighted by molar-refractivity contribution is 0.145. The highest BCUT2D eigenvalue weighted by atomic mass is 14.4. The lowest BCUT2D eigenvalue weighted by Crippen LogP contribution is -2.26. The molecule has 2 saturated carbocycles. The van der Waals surface area contributed by atoms with E-state index >= 15 is 0 Å². The van der Waals surface area contributed by atoms with Gasteiger partial charge in [0, 0.05) is 0 Å². The zero-order valence-corrected chi connectivity index (χ0v) is 14.2. The van der Waals surface area contributed by atoms with Crippen LogP contribution in [0.25, 0.3) is 0 Å². The van der Waals surface area contributed by atoms with Gasteiger partial charge in [-0.05, 0) is 74.5 Å². The van der Waals surface area contributed by atoms with Gasteiger partial charge >= 0.3 is 0 Å². The Bertz CT molecular complexity index is 315. The summed E-state index contributed by atoms with van der Waals surface area (Å²) in [5.41, 5.74) is 0. The molecule has 3 aliphatic carbocycles. The van der Waals surface area contributed by atoms with Crippen LogP contribution in [0.3, 0.4) is 0 Å². The van der Waals surface area contributed by atoms with E-state index in [0.29, 0.717) is 0 Å². The number of hydrogen-bond donors (Lipinski definition) is 0. The minimum atomic E-state index is 0.917. The van der Waals surface area contributed by atoms with Gasteiger partial charge in [-0.25, -0.2) is 0 Å². The molecule has 0 heterocycles. The fourth-order valence-corrected chi connectivity index (χ4v) is 5.41. The molecule has 0 aromatic rings. The Labute approximate surface area is 132 Å². The smallest absolute Gasteiger partial charge is 0.0205 e.